The normalized spacial score (nSPS) is 11.2. The van der Waals surface area contributed by atoms with Gasteiger partial charge in [0, 0.05) is 43.0 Å². The molecule has 0 amide bonds. The van der Waals surface area contributed by atoms with Crippen molar-refractivity contribution >= 4 is 0 Å². The van der Waals surface area contributed by atoms with Crippen LogP contribution in [0.2, 0.25) is 0 Å². The monoisotopic (exact) mass is 385 g/mol. The first-order valence-electron chi connectivity index (χ1n) is 9.08. The van der Waals surface area contributed by atoms with Gasteiger partial charge in [-0.25, -0.2) is 9.07 Å². The van der Waals surface area contributed by atoms with Crippen LogP contribution in [0.4, 0.5) is 4.39 Å². The summed E-state index contributed by atoms with van der Waals surface area (Å²) in [5.74, 6) is 0.0160. The first-order chi connectivity index (χ1) is 13.7. The molecule has 2 N–H and O–H groups in total. The number of nitrogens with zero attached hydrogens (tertiary/aromatic N) is 3. The van der Waals surface area contributed by atoms with E-state index in [1.807, 2.05) is 41.4 Å². The molecule has 2 aromatic carbocycles. The van der Waals surface area contributed by atoms with E-state index in [0.29, 0.717) is 36.6 Å². The van der Waals surface area contributed by atoms with E-state index in [2.05, 4.69) is 5.10 Å². The van der Waals surface area contributed by atoms with Crippen LogP contribution in [0.25, 0.3) is 16.9 Å². The van der Waals surface area contributed by atoms with Crippen molar-refractivity contribution in [2.24, 2.45) is 0 Å². The summed E-state index contributed by atoms with van der Waals surface area (Å²) in [5, 5.41) is 23.2. The van der Waals surface area contributed by atoms with Crippen molar-refractivity contribution in [2.45, 2.75) is 6.54 Å². The van der Waals surface area contributed by atoms with Crippen molar-refractivity contribution in [1.29, 1.82) is 0 Å². The van der Waals surface area contributed by atoms with Crippen LogP contribution in [0.5, 0.6) is 5.75 Å². The van der Waals surface area contributed by atoms with Gasteiger partial charge >= 0.3 is 0 Å². The Morgan fingerprint density at radius 2 is 1.79 bits per heavy atom. The largest absolute Gasteiger partial charge is 0.497 e. The molecular formula is C21H24FN3O3. The van der Waals surface area contributed by atoms with Gasteiger partial charge in [0.1, 0.15) is 17.3 Å². The van der Waals surface area contributed by atoms with E-state index in [0.717, 1.165) is 11.3 Å². The summed E-state index contributed by atoms with van der Waals surface area (Å²) in [5.41, 5.74) is 2.55. The van der Waals surface area contributed by atoms with Gasteiger partial charge < -0.3 is 14.9 Å². The van der Waals surface area contributed by atoms with Gasteiger partial charge in [-0.1, -0.05) is 18.2 Å². The number of hydrogen-bond acceptors (Lipinski definition) is 5. The molecule has 148 valence electrons. The van der Waals surface area contributed by atoms with Gasteiger partial charge in [0.25, 0.3) is 0 Å². The second-order valence-electron chi connectivity index (χ2n) is 6.35. The molecule has 28 heavy (non-hydrogen) atoms. The number of aliphatic hydroxyl groups is 2. The van der Waals surface area contributed by atoms with Crippen LogP contribution >= 0.6 is 0 Å². The molecule has 1 aromatic heterocycles. The fourth-order valence-corrected chi connectivity index (χ4v) is 3.07. The Morgan fingerprint density at radius 1 is 1.07 bits per heavy atom. The molecular weight excluding hydrogens is 361 g/mol. The summed E-state index contributed by atoms with van der Waals surface area (Å²) in [6.45, 7) is 1.18. The van der Waals surface area contributed by atoms with E-state index >= 15 is 0 Å². The maximum Gasteiger partial charge on any atom is 0.136 e. The molecule has 1 heterocycles. The highest BCUT2D eigenvalue weighted by Gasteiger charge is 2.18. The van der Waals surface area contributed by atoms with Crippen LogP contribution in [0.1, 0.15) is 5.56 Å². The Balaban J connectivity index is 2.04. The molecule has 3 rings (SSSR count). The second kappa shape index (κ2) is 9.45. The second-order valence-corrected chi connectivity index (χ2v) is 6.35. The Labute approximate surface area is 163 Å². The lowest BCUT2D eigenvalue weighted by Crippen LogP contribution is -2.29. The molecule has 0 radical (unpaired) electrons. The first kappa shape index (κ1) is 20.0. The molecule has 3 aromatic rings. The molecule has 0 unspecified atom stereocenters. The summed E-state index contributed by atoms with van der Waals surface area (Å²) < 4.78 is 21.5. The standard InChI is InChI=1S/C21H24FN3O3/c1-28-18-7-8-19(20(22)13-18)21-16(14-24(9-11-26)10-12-27)15-25(23-21)17-5-3-2-4-6-17/h2-8,13,15,26-27H,9-12,14H2,1H3. The summed E-state index contributed by atoms with van der Waals surface area (Å²) in [7, 11) is 1.49. The lowest BCUT2D eigenvalue weighted by molar-refractivity contribution is 0.156. The number of methoxy groups -OCH3 is 1. The number of ether oxygens (including phenoxy) is 1. The maximum atomic E-state index is 14.7. The van der Waals surface area contributed by atoms with E-state index in [-0.39, 0.29) is 13.2 Å². The van der Waals surface area contributed by atoms with Crippen molar-refractivity contribution in [3.05, 3.63) is 66.1 Å². The third-order valence-electron chi connectivity index (χ3n) is 4.47. The molecule has 0 aliphatic rings. The molecule has 0 fully saturated rings. The Hall–Kier alpha value is -2.74. The van der Waals surface area contributed by atoms with Crippen molar-refractivity contribution in [3.63, 3.8) is 0 Å². The number of para-hydroxylation sites is 1. The van der Waals surface area contributed by atoms with E-state index in [9.17, 15) is 14.6 Å². The molecule has 0 bridgehead atoms. The molecule has 0 aliphatic heterocycles. The Kier molecular flexibility index (Phi) is 6.76. The third kappa shape index (κ3) is 4.56. The highest BCUT2D eigenvalue weighted by molar-refractivity contribution is 5.65. The topological polar surface area (TPSA) is 70.8 Å². The van der Waals surface area contributed by atoms with Crippen LogP contribution < -0.4 is 4.74 Å². The molecule has 6 nitrogen and oxygen atoms in total. The number of hydrogen-bond donors (Lipinski definition) is 2. The van der Waals surface area contributed by atoms with Crippen LogP contribution in [0.15, 0.2) is 54.7 Å². The summed E-state index contributed by atoms with van der Waals surface area (Å²) in [6.07, 6.45) is 1.86. The van der Waals surface area contributed by atoms with Gasteiger partial charge in [-0.05, 0) is 24.3 Å². The van der Waals surface area contributed by atoms with Crippen molar-refractivity contribution in [2.75, 3.05) is 33.4 Å². The van der Waals surface area contributed by atoms with Gasteiger partial charge in [0.2, 0.25) is 0 Å². The van der Waals surface area contributed by atoms with Crippen molar-refractivity contribution in [1.82, 2.24) is 14.7 Å². The predicted octanol–water partition coefficient (Wildman–Crippen LogP) is 2.47. The maximum absolute atomic E-state index is 14.7. The highest BCUT2D eigenvalue weighted by Crippen LogP contribution is 2.29. The first-order valence-corrected chi connectivity index (χ1v) is 9.08. The molecule has 0 aliphatic carbocycles. The molecule has 7 heteroatoms. The lowest BCUT2D eigenvalue weighted by atomic mass is 10.1. The zero-order valence-electron chi connectivity index (χ0n) is 15.8. The zero-order valence-corrected chi connectivity index (χ0v) is 15.8. The lowest BCUT2D eigenvalue weighted by Gasteiger charge is -2.20. The van der Waals surface area contributed by atoms with Gasteiger partial charge in [-0.15, -0.1) is 0 Å². The number of aromatic nitrogens is 2. The smallest absolute Gasteiger partial charge is 0.136 e. The van der Waals surface area contributed by atoms with Crippen LogP contribution in [0.3, 0.4) is 0 Å². The van der Waals surface area contributed by atoms with E-state index in [4.69, 9.17) is 4.74 Å². The highest BCUT2D eigenvalue weighted by atomic mass is 19.1. The molecule has 0 spiro atoms. The fourth-order valence-electron chi connectivity index (χ4n) is 3.07. The quantitative estimate of drug-likeness (QED) is 0.592. The summed E-state index contributed by atoms with van der Waals surface area (Å²) >= 11 is 0. The summed E-state index contributed by atoms with van der Waals surface area (Å²) in [4.78, 5) is 1.90. The predicted molar refractivity (Wildman–Crippen MR) is 105 cm³/mol. The van der Waals surface area contributed by atoms with E-state index < -0.39 is 5.82 Å². The number of aliphatic hydroxyl groups excluding tert-OH is 2. The minimum absolute atomic E-state index is 0.0287. The number of halogens is 1. The van der Waals surface area contributed by atoms with Crippen molar-refractivity contribution in [3.8, 4) is 22.7 Å². The average molecular weight is 385 g/mol. The summed E-state index contributed by atoms with van der Waals surface area (Å²) in [6, 6.07) is 14.3. The molecule has 0 saturated heterocycles. The van der Waals surface area contributed by atoms with Crippen LogP contribution in [0, 0.1) is 5.82 Å². The van der Waals surface area contributed by atoms with Gasteiger partial charge in [0.15, 0.2) is 0 Å². The fraction of sp³-hybridized carbons (Fsp3) is 0.286. The van der Waals surface area contributed by atoms with Gasteiger partial charge in [-0.2, -0.15) is 5.10 Å². The molecule has 0 atom stereocenters. The van der Waals surface area contributed by atoms with Crippen LogP contribution in [-0.4, -0.2) is 58.3 Å². The van der Waals surface area contributed by atoms with E-state index in [1.165, 1.54) is 13.2 Å². The number of rotatable bonds is 9. The molecule has 0 saturated carbocycles. The minimum atomic E-state index is -0.422. The van der Waals surface area contributed by atoms with Crippen molar-refractivity contribution < 1.29 is 19.3 Å². The van der Waals surface area contributed by atoms with Gasteiger partial charge in [0.05, 0.1) is 26.0 Å². The minimum Gasteiger partial charge on any atom is -0.497 e. The van der Waals surface area contributed by atoms with Gasteiger partial charge in [-0.3, -0.25) is 4.90 Å². The number of benzene rings is 2. The Morgan fingerprint density at radius 3 is 2.39 bits per heavy atom. The Bertz CT molecular complexity index is 893. The average Bonchev–Trinajstić information content (AvgIpc) is 3.12. The zero-order chi connectivity index (χ0) is 19.9. The third-order valence-corrected chi connectivity index (χ3v) is 4.47. The van der Waals surface area contributed by atoms with Crippen LogP contribution in [-0.2, 0) is 6.54 Å². The SMILES string of the molecule is COc1ccc(-c2nn(-c3ccccc3)cc2CN(CCO)CCO)c(F)c1. The van der Waals surface area contributed by atoms with E-state index in [1.54, 1.807) is 16.8 Å².